The highest BCUT2D eigenvalue weighted by Gasteiger charge is 2.14. The summed E-state index contributed by atoms with van der Waals surface area (Å²) in [6.07, 6.45) is 2.05. The number of hydrogen-bond donors (Lipinski definition) is 0. The third-order valence-electron chi connectivity index (χ3n) is 3.68. The number of fused-ring (bicyclic) bond motifs is 1. The van der Waals surface area contributed by atoms with Gasteiger partial charge in [-0.2, -0.15) is 0 Å². The molecule has 2 rings (SSSR count). The van der Waals surface area contributed by atoms with Gasteiger partial charge in [-0.25, -0.2) is 4.79 Å². The first kappa shape index (κ1) is 14.2. The first-order valence-corrected chi connectivity index (χ1v) is 7.27. The monoisotopic (exact) mass is 281 g/mol. The van der Waals surface area contributed by atoms with Gasteiger partial charge < -0.3 is 4.42 Å². The molecule has 0 aliphatic carbocycles. The van der Waals surface area contributed by atoms with Crippen LogP contribution in [0.3, 0.4) is 0 Å². The van der Waals surface area contributed by atoms with E-state index in [0.29, 0.717) is 18.0 Å². The Morgan fingerprint density at radius 3 is 2.74 bits per heavy atom. The fourth-order valence-corrected chi connectivity index (χ4v) is 2.67. The van der Waals surface area contributed by atoms with Gasteiger partial charge in [0.15, 0.2) is 5.58 Å². The highest BCUT2D eigenvalue weighted by Crippen LogP contribution is 2.30. The van der Waals surface area contributed by atoms with Crippen LogP contribution in [0.15, 0.2) is 27.4 Å². The van der Waals surface area contributed by atoms with E-state index in [-0.39, 0.29) is 11.1 Å². The largest absolute Gasteiger partial charge is 0.419 e. The second-order valence-corrected chi connectivity index (χ2v) is 5.58. The Morgan fingerprint density at radius 2 is 2.11 bits per heavy atom. The van der Waals surface area contributed by atoms with Crippen molar-refractivity contribution in [3.63, 3.8) is 0 Å². The Balaban J connectivity index is 2.34. The summed E-state index contributed by atoms with van der Waals surface area (Å²) in [7, 11) is 0. The van der Waals surface area contributed by atoms with Gasteiger partial charge in [0.05, 0.1) is 10.9 Å². The van der Waals surface area contributed by atoms with E-state index >= 15 is 0 Å². The Hall–Kier alpha value is -1.22. The van der Waals surface area contributed by atoms with Gasteiger partial charge in [0, 0.05) is 6.54 Å². The Labute approximate surface area is 118 Å². The van der Waals surface area contributed by atoms with E-state index in [0.717, 1.165) is 23.9 Å². The number of rotatable bonds is 5. The summed E-state index contributed by atoms with van der Waals surface area (Å²) in [6.45, 7) is 6.90. The second kappa shape index (κ2) is 5.83. The lowest BCUT2D eigenvalue weighted by Gasteiger charge is -2.14. The van der Waals surface area contributed by atoms with E-state index in [2.05, 4.69) is 13.8 Å². The minimum Gasteiger partial charge on any atom is -0.408 e. The van der Waals surface area contributed by atoms with Gasteiger partial charge in [-0.05, 0) is 37.0 Å². The molecule has 4 heteroatoms. The molecular formula is C15H20ClNO2. The van der Waals surface area contributed by atoms with Gasteiger partial charge in [0.25, 0.3) is 0 Å². The quantitative estimate of drug-likeness (QED) is 0.765. The smallest absolute Gasteiger partial charge is 0.408 e. The molecule has 0 saturated heterocycles. The molecule has 0 spiro atoms. The first-order valence-electron chi connectivity index (χ1n) is 6.84. The van der Waals surface area contributed by atoms with Crippen LogP contribution in [0.5, 0.6) is 0 Å². The van der Waals surface area contributed by atoms with Crippen LogP contribution in [0.2, 0.25) is 0 Å². The van der Waals surface area contributed by atoms with Crippen molar-refractivity contribution in [1.29, 1.82) is 0 Å². The number of benzene rings is 1. The van der Waals surface area contributed by atoms with Crippen LogP contribution in [0.25, 0.3) is 11.1 Å². The second-order valence-electron chi connectivity index (χ2n) is 5.06. The third kappa shape index (κ3) is 2.86. The summed E-state index contributed by atoms with van der Waals surface area (Å²) in [5.41, 5.74) is 2.48. The zero-order valence-corrected chi connectivity index (χ0v) is 12.4. The lowest BCUT2D eigenvalue weighted by atomic mass is 9.98. The van der Waals surface area contributed by atoms with Crippen molar-refractivity contribution in [1.82, 2.24) is 4.57 Å². The van der Waals surface area contributed by atoms with Crippen LogP contribution >= 0.6 is 11.6 Å². The van der Waals surface area contributed by atoms with Crippen LogP contribution in [-0.2, 0) is 6.54 Å². The number of nitrogens with zero attached hydrogens (tertiary/aromatic N) is 1. The van der Waals surface area contributed by atoms with Crippen LogP contribution < -0.4 is 5.76 Å². The van der Waals surface area contributed by atoms with Crippen molar-refractivity contribution in [3.05, 3.63) is 34.3 Å². The summed E-state index contributed by atoms with van der Waals surface area (Å²) in [4.78, 5) is 11.6. The summed E-state index contributed by atoms with van der Waals surface area (Å²) in [5, 5.41) is -0.0328. The Kier molecular flexibility index (Phi) is 4.35. The van der Waals surface area contributed by atoms with E-state index in [1.807, 2.05) is 25.1 Å². The van der Waals surface area contributed by atoms with Crippen LogP contribution in [0.1, 0.15) is 44.6 Å². The predicted molar refractivity (Wildman–Crippen MR) is 78.8 cm³/mol. The summed E-state index contributed by atoms with van der Waals surface area (Å²) in [6, 6.07) is 5.80. The van der Waals surface area contributed by atoms with Crippen molar-refractivity contribution >= 4 is 22.7 Å². The number of aromatic nitrogens is 1. The SMILES string of the molecule is CCC(C)CC(Cl)c1ccc2c(c1)oc(=O)n2CC. The molecular weight excluding hydrogens is 262 g/mol. The molecule has 0 aliphatic rings. The molecule has 1 aromatic carbocycles. The average Bonchev–Trinajstić information content (AvgIpc) is 2.72. The van der Waals surface area contributed by atoms with Crippen molar-refractivity contribution < 1.29 is 4.42 Å². The van der Waals surface area contributed by atoms with Crippen molar-refractivity contribution in [2.24, 2.45) is 5.92 Å². The zero-order valence-electron chi connectivity index (χ0n) is 11.6. The predicted octanol–water partition coefficient (Wildman–Crippen LogP) is 4.33. The molecule has 1 heterocycles. The van der Waals surface area contributed by atoms with Crippen LogP contribution in [0, 0.1) is 5.92 Å². The van der Waals surface area contributed by atoms with E-state index < -0.39 is 0 Å². The topological polar surface area (TPSA) is 35.1 Å². The molecule has 2 atom stereocenters. The van der Waals surface area contributed by atoms with E-state index in [1.54, 1.807) is 4.57 Å². The van der Waals surface area contributed by atoms with Gasteiger partial charge >= 0.3 is 5.76 Å². The number of halogens is 1. The molecule has 104 valence electrons. The molecule has 0 fully saturated rings. The van der Waals surface area contributed by atoms with E-state index in [9.17, 15) is 4.79 Å². The number of aryl methyl sites for hydroxylation is 1. The molecule has 0 bridgehead atoms. The van der Waals surface area contributed by atoms with Crippen LogP contribution in [-0.4, -0.2) is 4.57 Å². The molecule has 2 aromatic rings. The molecule has 1 aromatic heterocycles. The number of alkyl halides is 1. The normalized spacial score (nSPS) is 14.7. The van der Waals surface area contributed by atoms with Gasteiger partial charge in [0.2, 0.25) is 0 Å². The fraction of sp³-hybridized carbons (Fsp3) is 0.533. The minimum absolute atomic E-state index is 0.0328. The molecule has 3 nitrogen and oxygen atoms in total. The molecule has 0 amide bonds. The first-order chi connectivity index (χ1) is 9.06. The summed E-state index contributed by atoms with van der Waals surface area (Å²) < 4.78 is 6.88. The van der Waals surface area contributed by atoms with Crippen molar-refractivity contribution in [2.45, 2.75) is 45.5 Å². The highest BCUT2D eigenvalue weighted by molar-refractivity contribution is 6.20. The zero-order chi connectivity index (χ0) is 14.0. The molecule has 0 aliphatic heterocycles. The Morgan fingerprint density at radius 1 is 1.37 bits per heavy atom. The summed E-state index contributed by atoms with van der Waals surface area (Å²) >= 11 is 6.43. The molecule has 2 unspecified atom stereocenters. The molecule has 0 saturated carbocycles. The maximum Gasteiger partial charge on any atom is 0.419 e. The average molecular weight is 282 g/mol. The number of oxazole rings is 1. The van der Waals surface area contributed by atoms with Gasteiger partial charge in [-0.3, -0.25) is 4.57 Å². The lowest BCUT2D eigenvalue weighted by Crippen LogP contribution is -2.11. The van der Waals surface area contributed by atoms with Crippen molar-refractivity contribution in [3.8, 4) is 0 Å². The molecule has 0 N–H and O–H groups in total. The highest BCUT2D eigenvalue weighted by atomic mass is 35.5. The van der Waals surface area contributed by atoms with Gasteiger partial charge in [-0.1, -0.05) is 26.3 Å². The molecule has 0 radical (unpaired) electrons. The maximum atomic E-state index is 11.6. The maximum absolute atomic E-state index is 11.6. The molecule has 19 heavy (non-hydrogen) atoms. The van der Waals surface area contributed by atoms with E-state index in [4.69, 9.17) is 16.0 Å². The van der Waals surface area contributed by atoms with Crippen LogP contribution in [0.4, 0.5) is 0 Å². The lowest BCUT2D eigenvalue weighted by molar-refractivity contribution is 0.505. The standard InChI is InChI=1S/C15H20ClNO2/c1-4-10(3)8-12(16)11-6-7-13-14(9-11)19-15(18)17(13)5-2/h6-7,9-10,12H,4-5,8H2,1-3H3. The van der Waals surface area contributed by atoms with E-state index in [1.165, 1.54) is 0 Å². The van der Waals surface area contributed by atoms with Gasteiger partial charge in [0.1, 0.15) is 0 Å². The Bertz CT molecular complexity index is 614. The fourth-order valence-electron chi connectivity index (χ4n) is 2.23. The van der Waals surface area contributed by atoms with Crippen molar-refractivity contribution in [2.75, 3.05) is 0 Å². The number of hydrogen-bond acceptors (Lipinski definition) is 2. The van der Waals surface area contributed by atoms with Gasteiger partial charge in [-0.15, -0.1) is 11.6 Å². The summed E-state index contributed by atoms with van der Waals surface area (Å²) in [5.74, 6) is 0.285. The third-order valence-corrected chi connectivity index (χ3v) is 4.11. The minimum atomic E-state index is -0.303.